The number of aromatic nitrogens is 4. The minimum absolute atomic E-state index is 0.382. The Labute approximate surface area is 117 Å². The molecule has 0 N–H and O–H groups in total. The molecular weight excluding hydrogens is 256 g/mol. The minimum Gasteiger partial charge on any atom is -0.465 e. The molecule has 2 rings (SSSR count). The fraction of sp³-hybridized carbons (Fsp3) is 0.429. The predicted octanol–water partition coefficient (Wildman–Crippen LogP) is 1.63. The Bertz CT molecular complexity index is 590. The van der Waals surface area contributed by atoms with Gasteiger partial charge in [-0.15, -0.1) is 0 Å². The molecule has 0 fully saturated rings. The molecule has 0 bridgehead atoms. The van der Waals surface area contributed by atoms with Crippen LogP contribution in [0.5, 0.6) is 0 Å². The van der Waals surface area contributed by atoms with E-state index in [0.29, 0.717) is 12.1 Å². The van der Waals surface area contributed by atoms with E-state index >= 15 is 0 Å². The lowest BCUT2D eigenvalue weighted by Crippen LogP contribution is -2.09. The number of hydrogen-bond acceptors (Lipinski definition) is 5. The van der Waals surface area contributed by atoms with Gasteiger partial charge in [0.25, 0.3) is 0 Å². The van der Waals surface area contributed by atoms with Crippen molar-refractivity contribution in [2.75, 3.05) is 7.11 Å². The van der Waals surface area contributed by atoms with Gasteiger partial charge >= 0.3 is 5.97 Å². The van der Waals surface area contributed by atoms with Crippen LogP contribution in [0.3, 0.4) is 0 Å². The molecule has 2 heterocycles. The Hall–Kier alpha value is -2.24. The Morgan fingerprint density at radius 3 is 2.65 bits per heavy atom. The molecular formula is C14H18N4O2. The zero-order valence-electron chi connectivity index (χ0n) is 12.0. The molecule has 6 nitrogen and oxygen atoms in total. The number of pyridine rings is 1. The summed E-state index contributed by atoms with van der Waals surface area (Å²) < 4.78 is 6.50. The van der Waals surface area contributed by atoms with Crippen LogP contribution < -0.4 is 0 Å². The molecule has 0 aliphatic heterocycles. The molecule has 0 radical (unpaired) electrons. The van der Waals surface area contributed by atoms with Crippen LogP contribution in [-0.2, 0) is 24.1 Å². The molecule has 2 aromatic heterocycles. The number of aryl methyl sites for hydroxylation is 2. The molecule has 0 unspecified atom stereocenters. The highest BCUT2D eigenvalue weighted by Gasteiger charge is 2.09. The van der Waals surface area contributed by atoms with Crippen molar-refractivity contribution in [2.24, 2.45) is 0 Å². The summed E-state index contributed by atoms with van der Waals surface area (Å²) in [5.74, 6) is 1.40. The van der Waals surface area contributed by atoms with Gasteiger partial charge in [-0.05, 0) is 12.1 Å². The number of ether oxygens (including phenoxy) is 1. The van der Waals surface area contributed by atoms with Gasteiger partial charge in [-0.2, -0.15) is 5.10 Å². The first-order valence-corrected chi connectivity index (χ1v) is 6.63. The zero-order chi connectivity index (χ0) is 14.5. The number of hydrogen-bond donors (Lipinski definition) is 0. The summed E-state index contributed by atoms with van der Waals surface area (Å²) in [7, 11) is 1.35. The molecule has 2 aromatic rings. The second kappa shape index (κ2) is 6.27. The van der Waals surface area contributed by atoms with Crippen LogP contribution >= 0.6 is 0 Å². The average Bonchev–Trinajstić information content (AvgIpc) is 2.89. The standard InChI is InChI=1S/C14H18N4O2/c1-4-12-16-13(5-2)18(17-12)9-11-7-6-10(8-15-11)14(19)20-3/h6-8H,4-5,9H2,1-3H3. The zero-order valence-corrected chi connectivity index (χ0v) is 12.0. The first-order chi connectivity index (χ1) is 9.67. The Morgan fingerprint density at radius 1 is 1.30 bits per heavy atom. The lowest BCUT2D eigenvalue weighted by molar-refractivity contribution is 0.0600. The van der Waals surface area contributed by atoms with Crippen molar-refractivity contribution in [1.82, 2.24) is 19.7 Å². The summed E-state index contributed by atoms with van der Waals surface area (Å²) in [5.41, 5.74) is 1.28. The SMILES string of the molecule is CCc1nc(CC)n(Cc2ccc(C(=O)OC)cn2)n1. The summed E-state index contributed by atoms with van der Waals surface area (Å²) >= 11 is 0. The van der Waals surface area contributed by atoms with Crippen LogP contribution in [0, 0.1) is 0 Å². The summed E-state index contributed by atoms with van der Waals surface area (Å²) in [6, 6.07) is 3.51. The van der Waals surface area contributed by atoms with E-state index in [9.17, 15) is 4.79 Å². The highest BCUT2D eigenvalue weighted by atomic mass is 16.5. The normalized spacial score (nSPS) is 10.6. The van der Waals surface area contributed by atoms with Crippen molar-refractivity contribution >= 4 is 5.97 Å². The van der Waals surface area contributed by atoms with Gasteiger partial charge in [0, 0.05) is 19.0 Å². The highest BCUT2D eigenvalue weighted by Crippen LogP contribution is 2.07. The minimum atomic E-state index is -0.382. The van der Waals surface area contributed by atoms with Crippen molar-refractivity contribution in [3.8, 4) is 0 Å². The van der Waals surface area contributed by atoms with E-state index in [4.69, 9.17) is 0 Å². The van der Waals surface area contributed by atoms with E-state index in [1.165, 1.54) is 13.3 Å². The molecule has 0 saturated carbocycles. The van der Waals surface area contributed by atoms with E-state index in [-0.39, 0.29) is 5.97 Å². The summed E-state index contributed by atoms with van der Waals surface area (Å²) in [6.45, 7) is 4.63. The number of carbonyl (C=O) groups is 1. The van der Waals surface area contributed by atoms with Gasteiger partial charge in [0.15, 0.2) is 5.82 Å². The third kappa shape index (κ3) is 3.01. The highest BCUT2D eigenvalue weighted by molar-refractivity contribution is 5.88. The van der Waals surface area contributed by atoms with E-state index in [0.717, 1.165) is 30.2 Å². The van der Waals surface area contributed by atoms with E-state index in [1.54, 1.807) is 12.1 Å². The van der Waals surface area contributed by atoms with Gasteiger partial charge in [0.2, 0.25) is 0 Å². The van der Waals surface area contributed by atoms with Crippen molar-refractivity contribution < 1.29 is 9.53 Å². The second-order valence-electron chi connectivity index (χ2n) is 4.34. The maximum atomic E-state index is 11.3. The first-order valence-electron chi connectivity index (χ1n) is 6.63. The number of nitrogens with zero attached hydrogens (tertiary/aromatic N) is 4. The molecule has 0 aromatic carbocycles. The lowest BCUT2D eigenvalue weighted by atomic mass is 10.2. The van der Waals surface area contributed by atoms with Gasteiger partial charge in [-0.1, -0.05) is 13.8 Å². The predicted molar refractivity (Wildman–Crippen MR) is 73.5 cm³/mol. The number of carbonyl (C=O) groups excluding carboxylic acids is 1. The maximum absolute atomic E-state index is 11.3. The van der Waals surface area contributed by atoms with Crippen molar-refractivity contribution in [3.05, 3.63) is 41.2 Å². The fourth-order valence-electron chi connectivity index (χ4n) is 1.87. The van der Waals surface area contributed by atoms with Crippen molar-refractivity contribution in [2.45, 2.75) is 33.2 Å². The molecule has 0 aliphatic rings. The van der Waals surface area contributed by atoms with Gasteiger partial charge in [0.05, 0.1) is 24.9 Å². The van der Waals surface area contributed by atoms with Crippen molar-refractivity contribution in [1.29, 1.82) is 0 Å². The quantitative estimate of drug-likeness (QED) is 0.775. The molecule has 0 atom stereocenters. The average molecular weight is 274 g/mol. The number of esters is 1. The van der Waals surface area contributed by atoms with Crippen LogP contribution in [0.15, 0.2) is 18.3 Å². The third-order valence-corrected chi connectivity index (χ3v) is 2.98. The molecule has 106 valence electrons. The monoisotopic (exact) mass is 274 g/mol. The Morgan fingerprint density at radius 2 is 2.10 bits per heavy atom. The molecule has 0 saturated heterocycles. The molecule has 0 spiro atoms. The summed E-state index contributed by atoms with van der Waals surface area (Å²) in [6.07, 6.45) is 3.16. The van der Waals surface area contributed by atoms with Gasteiger partial charge < -0.3 is 4.74 Å². The smallest absolute Gasteiger partial charge is 0.339 e. The largest absolute Gasteiger partial charge is 0.465 e. The summed E-state index contributed by atoms with van der Waals surface area (Å²) in [4.78, 5) is 20.1. The van der Waals surface area contributed by atoms with E-state index < -0.39 is 0 Å². The van der Waals surface area contributed by atoms with Crippen molar-refractivity contribution in [3.63, 3.8) is 0 Å². The third-order valence-electron chi connectivity index (χ3n) is 2.98. The maximum Gasteiger partial charge on any atom is 0.339 e. The van der Waals surface area contributed by atoms with E-state index in [1.807, 2.05) is 18.5 Å². The van der Waals surface area contributed by atoms with Gasteiger partial charge in [0.1, 0.15) is 5.82 Å². The van der Waals surface area contributed by atoms with Crippen LogP contribution in [0.2, 0.25) is 0 Å². The van der Waals surface area contributed by atoms with Crippen LogP contribution in [0.4, 0.5) is 0 Å². The topological polar surface area (TPSA) is 69.9 Å². The van der Waals surface area contributed by atoms with Gasteiger partial charge in [-0.25, -0.2) is 14.5 Å². The fourth-order valence-corrected chi connectivity index (χ4v) is 1.87. The number of rotatable bonds is 5. The molecule has 6 heteroatoms. The lowest BCUT2D eigenvalue weighted by Gasteiger charge is -2.04. The summed E-state index contributed by atoms with van der Waals surface area (Å²) in [5, 5.41) is 4.44. The first kappa shape index (κ1) is 14.2. The second-order valence-corrected chi connectivity index (χ2v) is 4.34. The van der Waals surface area contributed by atoms with Gasteiger partial charge in [-0.3, -0.25) is 4.98 Å². The molecule has 0 amide bonds. The van der Waals surface area contributed by atoms with E-state index in [2.05, 4.69) is 19.8 Å². The number of methoxy groups -OCH3 is 1. The van der Waals surface area contributed by atoms with Crippen LogP contribution in [-0.4, -0.2) is 32.8 Å². The Balaban J connectivity index is 2.17. The Kier molecular flexibility index (Phi) is 4.45. The molecule has 0 aliphatic carbocycles. The van der Waals surface area contributed by atoms with Crippen LogP contribution in [0.25, 0.3) is 0 Å². The van der Waals surface area contributed by atoms with Crippen LogP contribution in [0.1, 0.15) is 41.5 Å². The molecule has 20 heavy (non-hydrogen) atoms.